The molecular formula is C16H17N3O5. The second-order valence-corrected chi connectivity index (χ2v) is 5.57. The number of rotatable bonds is 5. The van der Waals surface area contributed by atoms with E-state index in [-0.39, 0.29) is 30.1 Å². The van der Waals surface area contributed by atoms with Crippen LogP contribution in [-0.4, -0.2) is 48.4 Å². The van der Waals surface area contributed by atoms with Crippen LogP contribution in [0.25, 0.3) is 11.0 Å². The summed E-state index contributed by atoms with van der Waals surface area (Å²) in [6.45, 7) is 2.25. The summed E-state index contributed by atoms with van der Waals surface area (Å²) in [6.07, 6.45) is -0.156. The minimum absolute atomic E-state index is 0.0183. The van der Waals surface area contributed by atoms with Gasteiger partial charge in [-0.25, -0.2) is 0 Å². The average Bonchev–Trinajstić information content (AvgIpc) is 2.84. The molecule has 0 radical (unpaired) electrons. The van der Waals surface area contributed by atoms with Crippen LogP contribution in [0.15, 0.2) is 28.7 Å². The molecule has 1 aromatic heterocycles. The molecular weight excluding hydrogens is 314 g/mol. The van der Waals surface area contributed by atoms with Gasteiger partial charge in [0.2, 0.25) is 11.7 Å². The number of hydrogen-bond donors (Lipinski definition) is 2. The maximum absolute atomic E-state index is 12.1. The second kappa shape index (κ2) is 6.32. The normalized spacial score (nSPS) is 14.5. The molecule has 0 atom stereocenters. The number of nitrogens with one attached hydrogen (secondary N) is 1. The number of benzene rings is 1. The topological polar surface area (TPSA) is 115 Å². The minimum Gasteiger partial charge on any atom is -0.449 e. The van der Waals surface area contributed by atoms with Crippen molar-refractivity contribution in [3.05, 3.63) is 30.0 Å². The fourth-order valence-electron chi connectivity index (χ4n) is 2.51. The number of likely N-dealkylation sites (tertiary alicyclic amines) is 1. The summed E-state index contributed by atoms with van der Waals surface area (Å²) in [7, 11) is 0. The monoisotopic (exact) mass is 331 g/mol. The molecule has 0 aliphatic carbocycles. The maximum atomic E-state index is 12.1. The van der Waals surface area contributed by atoms with E-state index in [2.05, 4.69) is 5.32 Å². The van der Waals surface area contributed by atoms with Crippen molar-refractivity contribution in [2.75, 3.05) is 25.0 Å². The van der Waals surface area contributed by atoms with Crippen molar-refractivity contribution in [1.29, 1.82) is 0 Å². The lowest BCUT2D eigenvalue weighted by Gasteiger charge is -2.37. The Kier molecular flexibility index (Phi) is 4.22. The van der Waals surface area contributed by atoms with Crippen molar-refractivity contribution in [3.8, 4) is 0 Å². The fourth-order valence-corrected chi connectivity index (χ4v) is 2.51. The molecule has 1 aliphatic heterocycles. The first kappa shape index (κ1) is 16.0. The fraction of sp³-hybridized carbons (Fsp3) is 0.312. The molecule has 126 valence electrons. The summed E-state index contributed by atoms with van der Waals surface area (Å²) in [5.41, 5.74) is 6.00. The van der Waals surface area contributed by atoms with E-state index in [0.29, 0.717) is 24.1 Å². The molecule has 0 bridgehead atoms. The average molecular weight is 331 g/mol. The highest BCUT2D eigenvalue weighted by atomic mass is 16.5. The highest BCUT2D eigenvalue weighted by Crippen LogP contribution is 2.30. The van der Waals surface area contributed by atoms with Gasteiger partial charge in [-0.3, -0.25) is 14.4 Å². The van der Waals surface area contributed by atoms with E-state index in [1.54, 1.807) is 29.2 Å². The zero-order valence-corrected chi connectivity index (χ0v) is 13.1. The summed E-state index contributed by atoms with van der Waals surface area (Å²) in [5.74, 6) is -1.31. The number of carbonyl (C=O) groups excluding carboxylic acids is 3. The van der Waals surface area contributed by atoms with Crippen LogP contribution in [0.3, 0.4) is 0 Å². The predicted octanol–water partition coefficient (Wildman–Crippen LogP) is 0.718. The molecule has 3 amide bonds. The van der Waals surface area contributed by atoms with Gasteiger partial charge in [-0.15, -0.1) is 0 Å². The lowest BCUT2D eigenvalue weighted by atomic mass is 10.2. The van der Waals surface area contributed by atoms with Gasteiger partial charge in [-0.05, 0) is 12.1 Å². The number of anilines is 1. The lowest BCUT2D eigenvalue weighted by Crippen LogP contribution is -2.54. The Hall–Kier alpha value is -2.87. The molecule has 1 aromatic carbocycles. The molecule has 1 aliphatic rings. The molecule has 0 saturated carbocycles. The smallest absolute Gasteiger partial charge is 0.286 e. The van der Waals surface area contributed by atoms with E-state index in [4.69, 9.17) is 14.9 Å². The SMILES string of the molecule is CC(=O)N1CC(OCC(=O)Nc2c(C(N)=O)oc3ccccc23)C1. The summed E-state index contributed by atoms with van der Waals surface area (Å²) in [5, 5.41) is 3.20. The minimum atomic E-state index is -0.765. The molecule has 1 saturated heterocycles. The van der Waals surface area contributed by atoms with E-state index in [1.165, 1.54) is 6.92 Å². The van der Waals surface area contributed by atoms with Crippen molar-refractivity contribution in [3.63, 3.8) is 0 Å². The summed E-state index contributed by atoms with van der Waals surface area (Å²) >= 11 is 0. The van der Waals surface area contributed by atoms with Gasteiger partial charge < -0.3 is 25.1 Å². The van der Waals surface area contributed by atoms with E-state index in [0.717, 1.165) is 0 Å². The third-order valence-corrected chi connectivity index (χ3v) is 3.83. The quantitative estimate of drug-likeness (QED) is 0.837. The van der Waals surface area contributed by atoms with Crippen molar-refractivity contribution < 1.29 is 23.5 Å². The number of furan rings is 1. The van der Waals surface area contributed by atoms with E-state index >= 15 is 0 Å². The van der Waals surface area contributed by atoms with Crippen LogP contribution in [0, 0.1) is 0 Å². The van der Waals surface area contributed by atoms with Gasteiger partial charge in [-0.1, -0.05) is 12.1 Å². The molecule has 2 heterocycles. The van der Waals surface area contributed by atoms with E-state index in [9.17, 15) is 14.4 Å². The molecule has 24 heavy (non-hydrogen) atoms. The Balaban J connectivity index is 1.64. The maximum Gasteiger partial charge on any atom is 0.286 e. The molecule has 3 rings (SSSR count). The summed E-state index contributed by atoms with van der Waals surface area (Å²) in [6, 6.07) is 6.92. The number of fused-ring (bicyclic) bond motifs is 1. The number of nitrogens with two attached hydrogens (primary N) is 1. The Morgan fingerprint density at radius 2 is 2.04 bits per heavy atom. The predicted molar refractivity (Wildman–Crippen MR) is 85.4 cm³/mol. The van der Waals surface area contributed by atoms with Crippen molar-refractivity contribution in [1.82, 2.24) is 4.90 Å². The Bertz CT molecular complexity index is 807. The molecule has 0 spiro atoms. The van der Waals surface area contributed by atoms with Gasteiger partial charge in [0.05, 0.1) is 6.10 Å². The van der Waals surface area contributed by atoms with Crippen LogP contribution in [0.2, 0.25) is 0 Å². The second-order valence-electron chi connectivity index (χ2n) is 5.57. The van der Waals surface area contributed by atoms with Gasteiger partial charge in [0, 0.05) is 25.4 Å². The largest absolute Gasteiger partial charge is 0.449 e. The van der Waals surface area contributed by atoms with Gasteiger partial charge >= 0.3 is 0 Å². The molecule has 2 aromatic rings. The number of primary amides is 1. The van der Waals surface area contributed by atoms with Crippen LogP contribution in [0.4, 0.5) is 5.69 Å². The summed E-state index contributed by atoms with van der Waals surface area (Å²) in [4.78, 5) is 36.3. The Labute approximate surface area is 137 Å². The van der Waals surface area contributed by atoms with Crippen LogP contribution in [0.1, 0.15) is 17.5 Å². The Morgan fingerprint density at radius 3 is 2.71 bits per heavy atom. The first-order valence-corrected chi connectivity index (χ1v) is 7.44. The number of nitrogens with zero attached hydrogens (tertiary/aromatic N) is 1. The standard InChI is InChI=1S/C16H17N3O5/c1-9(20)19-6-10(7-19)23-8-13(21)18-14-11-4-2-3-5-12(11)24-15(14)16(17)22/h2-5,10H,6-8H2,1H3,(H2,17,22)(H,18,21). The molecule has 3 N–H and O–H groups in total. The van der Waals surface area contributed by atoms with Gasteiger partial charge in [0.25, 0.3) is 11.8 Å². The van der Waals surface area contributed by atoms with Crippen LogP contribution >= 0.6 is 0 Å². The van der Waals surface area contributed by atoms with Crippen molar-refractivity contribution in [2.45, 2.75) is 13.0 Å². The molecule has 0 unspecified atom stereocenters. The van der Waals surface area contributed by atoms with Gasteiger partial charge in [0.1, 0.15) is 17.9 Å². The first-order valence-electron chi connectivity index (χ1n) is 7.44. The zero-order chi connectivity index (χ0) is 17.3. The van der Waals surface area contributed by atoms with Crippen LogP contribution in [-0.2, 0) is 14.3 Å². The van der Waals surface area contributed by atoms with E-state index in [1.807, 2.05) is 0 Å². The van der Waals surface area contributed by atoms with Gasteiger partial charge in [-0.2, -0.15) is 0 Å². The highest BCUT2D eigenvalue weighted by molar-refractivity contribution is 6.10. The lowest BCUT2D eigenvalue weighted by molar-refractivity contribution is -0.144. The third-order valence-electron chi connectivity index (χ3n) is 3.83. The number of para-hydroxylation sites is 1. The van der Waals surface area contributed by atoms with Gasteiger partial charge in [0.15, 0.2) is 0 Å². The van der Waals surface area contributed by atoms with E-state index < -0.39 is 11.8 Å². The van der Waals surface area contributed by atoms with Crippen molar-refractivity contribution in [2.24, 2.45) is 5.73 Å². The zero-order valence-electron chi connectivity index (χ0n) is 13.1. The number of hydrogen-bond acceptors (Lipinski definition) is 5. The van der Waals surface area contributed by atoms with Crippen molar-refractivity contribution >= 4 is 34.4 Å². The number of ether oxygens (including phenoxy) is 1. The van der Waals surface area contributed by atoms with Crippen LogP contribution in [0.5, 0.6) is 0 Å². The number of carbonyl (C=O) groups is 3. The molecule has 1 fully saturated rings. The Morgan fingerprint density at radius 1 is 1.33 bits per heavy atom. The highest BCUT2D eigenvalue weighted by Gasteiger charge is 2.30. The number of amides is 3. The first-order chi connectivity index (χ1) is 11.5. The summed E-state index contributed by atoms with van der Waals surface area (Å²) < 4.78 is 10.8. The molecule has 8 heteroatoms. The molecule has 8 nitrogen and oxygen atoms in total. The third kappa shape index (κ3) is 3.09. The van der Waals surface area contributed by atoms with Crippen LogP contribution < -0.4 is 11.1 Å².